The third-order valence-corrected chi connectivity index (χ3v) is 5.65. The van der Waals surface area contributed by atoms with Crippen LogP contribution in [0.3, 0.4) is 0 Å². The number of β-amino-alcohol motifs (C(OH)–C–C–N with tert-alkyl or cyclic N) is 1. The molecule has 2 N–H and O–H groups in total. The molecule has 2 fully saturated rings. The summed E-state index contributed by atoms with van der Waals surface area (Å²) in [4.78, 5) is 17.2. The molecule has 10 heteroatoms. The second-order valence-electron chi connectivity index (χ2n) is 7.61. The summed E-state index contributed by atoms with van der Waals surface area (Å²) in [7, 11) is 0. The Morgan fingerprint density at radius 3 is 2.57 bits per heavy atom. The molecule has 0 bridgehead atoms. The van der Waals surface area contributed by atoms with Crippen LogP contribution in [0.2, 0.25) is 0 Å². The van der Waals surface area contributed by atoms with Crippen LogP contribution >= 0.6 is 24.8 Å². The maximum absolute atomic E-state index is 13.0. The molecular formula is C18H34Cl2N6O2. The number of nitrogens with one attached hydrogen (secondary N) is 1. The van der Waals surface area contributed by atoms with Gasteiger partial charge in [0.25, 0.3) is 5.91 Å². The molecule has 0 radical (unpaired) electrons. The van der Waals surface area contributed by atoms with E-state index in [4.69, 9.17) is 0 Å². The van der Waals surface area contributed by atoms with Crippen molar-refractivity contribution in [1.29, 1.82) is 0 Å². The zero-order valence-corrected chi connectivity index (χ0v) is 18.6. The molecule has 28 heavy (non-hydrogen) atoms. The highest BCUT2D eigenvalue weighted by Crippen LogP contribution is 2.22. The molecule has 3 heterocycles. The number of hydrogen-bond donors (Lipinski definition) is 2. The molecule has 3 rings (SSSR count). The molecule has 1 aromatic heterocycles. The van der Waals surface area contributed by atoms with Crippen LogP contribution in [-0.2, 0) is 0 Å². The molecule has 8 nitrogen and oxygen atoms in total. The first kappa shape index (κ1) is 25.1. The molecular weight excluding hydrogens is 403 g/mol. The van der Waals surface area contributed by atoms with Crippen molar-refractivity contribution in [2.24, 2.45) is 0 Å². The van der Waals surface area contributed by atoms with E-state index in [0.717, 1.165) is 44.6 Å². The quantitative estimate of drug-likeness (QED) is 0.722. The molecule has 0 spiro atoms. The minimum atomic E-state index is -0.349. The predicted octanol–water partition coefficient (Wildman–Crippen LogP) is 1.27. The first-order valence-electron chi connectivity index (χ1n) is 9.85. The predicted molar refractivity (Wildman–Crippen MR) is 114 cm³/mol. The maximum Gasteiger partial charge on any atom is 0.276 e. The van der Waals surface area contributed by atoms with Gasteiger partial charge < -0.3 is 15.3 Å². The van der Waals surface area contributed by atoms with Gasteiger partial charge in [-0.15, -0.1) is 29.9 Å². The van der Waals surface area contributed by atoms with Crippen molar-refractivity contribution in [2.45, 2.75) is 58.2 Å². The van der Waals surface area contributed by atoms with Gasteiger partial charge in [0.15, 0.2) is 5.69 Å². The first-order chi connectivity index (χ1) is 12.5. The van der Waals surface area contributed by atoms with Crippen molar-refractivity contribution in [3.8, 4) is 0 Å². The van der Waals surface area contributed by atoms with E-state index in [1.165, 1.54) is 0 Å². The lowest BCUT2D eigenvalue weighted by atomic mass is 10.1. The second-order valence-corrected chi connectivity index (χ2v) is 7.61. The van der Waals surface area contributed by atoms with E-state index in [9.17, 15) is 9.90 Å². The van der Waals surface area contributed by atoms with Gasteiger partial charge >= 0.3 is 0 Å². The first-order valence-corrected chi connectivity index (χ1v) is 9.85. The van der Waals surface area contributed by atoms with Gasteiger partial charge in [0, 0.05) is 32.2 Å². The van der Waals surface area contributed by atoms with Crippen LogP contribution in [0, 0.1) is 6.92 Å². The summed E-state index contributed by atoms with van der Waals surface area (Å²) >= 11 is 0. The Morgan fingerprint density at radius 1 is 1.29 bits per heavy atom. The van der Waals surface area contributed by atoms with Crippen LogP contribution in [0.5, 0.6) is 0 Å². The molecule has 2 atom stereocenters. The highest BCUT2D eigenvalue weighted by Gasteiger charge is 2.32. The fraction of sp³-hybridized carbons (Fsp3) is 0.833. The monoisotopic (exact) mass is 436 g/mol. The number of aliphatic hydroxyl groups is 1. The molecule has 2 aliphatic heterocycles. The summed E-state index contributed by atoms with van der Waals surface area (Å²) in [5.74, 6) is -0.0159. The molecule has 2 unspecified atom stereocenters. The Bertz CT molecular complexity index is 621. The van der Waals surface area contributed by atoms with Crippen LogP contribution in [0.15, 0.2) is 0 Å². The van der Waals surface area contributed by atoms with E-state index in [-0.39, 0.29) is 42.9 Å². The summed E-state index contributed by atoms with van der Waals surface area (Å²) in [5.41, 5.74) is 1.36. The molecule has 162 valence electrons. The number of carbonyl (C=O) groups is 1. The molecule has 0 saturated carbocycles. The molecule has 0 aliphatic carbocycles. The van der Waals surface area contributed by atoms with Crippen molar-refractivity contribution in [3.63, 3.8) is 0 Å². The van der Waals surface area contributed by atoms with Crippen LogP contribution in [-0.4, -0.2) is 87.2 Å². The van der Waals surface area contributed by atoms with E-state index >= 15 is 0 Å². The Balaban J connectivity index is 0.00000196. The second kappa shape index (κ2) is 11.3. The number of piperazine rings is 1. The van der Waals surface area contributed by atoms with Gasteiger partial charge in [-0.05, 0) is 46.2 Å². The summed E-state index contributed by atoms with van der Waals surface area (Å²) in [6, 6.07) is 0.610. The zero-order valence-electron chi connectivity index (χ0n) is 17.0. The normalized spacial score (nSPS) is 22.3. The molecule has 2 aliphatic rings. The minimum Gasteiger partial charge on any atom is -0.392 e. The van der Waals surface area contributed by atoms with Crippen molar-refractivity contribution >= 4 is 30.7 Å². The van der Waals surface area contributed by atoms with Gasteiger partial charge in [0.1, 0.15) is 0 Å². The third kappa shape index (κ3) is 5.57. The number of aliphatic hydroxyl groups excluding tert-OH is 1. The molecule has 1 aromatic rings. The topological polar surface area (TPSA) is 86.5 Å². The molecule has 1 amide bonds. The van der Waals surface area contributed by atoms with Gasteiger partial charge in [-0.2, -0.15) is 0 Å². The lowest BCUT2D eigenvalue weighted by molar-refractivity contribution is 0.0306. The van der Waals surface area contributed by atoms with Gasteiger partial charge in [0.05, 0.1) is 17.8 Å². The van der Waals surface area contributed by atoms with Crippen LogP contribution in [0.4, 0.5) is 0 Å². The fourth-order valence-corrected chi connectivity index (χ4v) is 4.13. The van der Waals surface area contributed by atoms with E-state index in [1.54, 1.807) is 0 Å². The number of carbonyl (C=O) groups excluding carboxylic acids is 1. The molecule has 0 aromatic carbocycles. The van der Waals surface area contributed by atoms with Crippen LogP contribution in [0.1, 0.15) is 55.3 Å². The number of rotatable bonds is 5. The Kier molecular flexibility index (Phi) is 10.1. The van der Waals surface area contributed by atoms with E-state index in [1.807, 2.05) is 23.4 Å². The maximum atomic E-state index is 13.0. The largest absolute Gasteiger partial charge is 0.392 e. The SMILES string of the molecule is CCC1CN(C(=O)c2nnn(C3CCNCC3)c2C)CCN1CC(C)O.Cl.Cl. The highest BCUT2D eigenvalue weighted by atomic mass is 35.5. The Morgan fingerprint density at radius 2 is 1.96 bits per heavy atom. The van der Waals surface area contributed by atoms with Crippen LogP contribution in [0.25, 0.3) is 0 Å². The van der Waals surface area contributed by atoms with Crippen LogP contribution < -0.4 is 5.32 Å². The number of halogens is 2. The van der Waals surface area contributed by atoms with Gasteiger partial charge in [-0.25, -0.2) is 4.68 Å². The minimum absolute atomic E-state index is 0. The summed E-state index contributed by atoms with van der Waals surface area (Å²) < 4.78 is 1.94. The molecule has 2 saturated heterocycles. The highest BCUT2D eigenvalue weighted by molar-refractivity contribution is 5.93. The summed E-state index contributed by atoms with van der Waals surface area (Å²) in [6.07, 6.45) is 2.65. The van der Waals surface area contributed by atoms with Gasteiger partial charge in [-0.3, -0.25) is 9.69 Å². The summed E-state index contributed by atoms with van der Waals surface area (Å²) in [6.45, 7) is 10.7. The van der Waals surface area contributed by atoms with E-state index < -0.39 is 0 Å². The number of piperidine rings is 1. The van der Waals surface area contributed by atoms with Gasteiger partial charge in [0.2, 0.25) is 0 Å². The average molecular weight is 437 g/mol. The van der Waals surface area contributed by atoms with Gasteiger partial charge in [-0.1, -0.05) is 12.1 Å². The third-order valence-electron chi connectivity index (χ3n) is 5.65. The van der Waals surface area contributed by atoms with Crippen molar-refractivity contribution in [3.05, 3.63) is 11.4 Å². The fourth-order valence-electron chi connectivity index (χ4n) is 4.13. The number of aromatic nitrogens is 3. The number of nitrogens with zero attached hydrogens (tertiary/aromatic N) is 5. The van der Waals surface area contributed by atoms with E-state index in [2.05, 4.69) is 27.5 Å². The number of amides is 1. The Labute approximate surface area is 179 Å². The van der Waals surface area contributed by atoms with Crippen molar-refractivity contribution < 1.29 is 9.90 Å². The van der Waals surface area contributed by atoms with E-state index in [0.29, 0.717) is 31.4 Å². The lowest BCUT2D eigenvalue weighted by Crippen LogP contribution is -2.56. The zero-order chi connectivity index (χ0) is 18.7. The Hall–Kier alpha value is -0.930. The standard InChI is InChI=1S/C18H32N6O2.2ClH/c1-4-15-12-23(10-9-22(15)11-13(2)25)18(26)17-14(3)24(21-20-17)16-5-7-19-8-6-16;;/h13,15-16,19,25H,4-12H2,1-3H3;2*1H. The average Bonchev–Trinajstić information content (AvgIpc) is 3.03. The lowest BCUT2D eigenvalue weighted by Gasteiger charge is -2.41. The van der Waals surface area contributed by atoms with Crippen molar-refractivity contribution in [2.75, 3.05) is 39.3 Å². The summed E-state index contributed by atoms with van der Waals surface area (Å²) in [5, 5.41) is 21.6. The smallest absolute Gasteiger partial charge is 0.276 e. The van der Waals surface area contributed by atoms with Crippen molar-refractivity contribution in [1.82, 2.24) is 30.1 Å². The number of hydrogen-bond acceptors (Lipinski definition) is 6.